The summed E-state index contributed by atoms with van der Waals surface area (Å²) < 4.78 is 0. The standard InChI is InChI=1S/10C9H8N2.10C2H6/c1-7-9-3-4-10-6-8(9)2-5-11-7;1-7-9-6-10-4-2-8(9)3-5-11-7;1-7-4-8-6-10-3-2-9(8)11-5-7;1-7-4-8-2-3-10-6-9(8)11-5-7;1-7-8-3-2-5-11-9(8)4-6-10-7;1-7-9-8(4-6-10-7)3-2-5-11-9;1-7-5-10-6-9-8(7)3-2-4-11-9;1-7-5-9-8(11-6-7)3-2-4-10-9;1-7-5-8-3-2-4-10-9(8)11-6-7;1-7-8-4-2-3-5-9(8)11-6-10-7;10*1-2/h10*2-6H,1H3;10*1-2H3. The summed E-state index contributed by atoms with van der Waals surface area (Å²) in [7, 11) is 0. The molecule has 0 aliphatic carbocycles. The molecule has 1 aromatic carbocycles. The maximum absolute atomic E-state index is 4.24. The second kappa shape index (κ2) is 69.8. The van der Waals surface area contributed by atoms with Gasteiger partial charge in [-0.25, -0.2) is 19.9 Å². The first-order valence-electron chi connectivity index (χ1n) is 45.3. The maximum Gasteiger partial charge on any atom is 0.159 e. The minimum absolute atomic E-state index is 0.818. The van der Waals surface area contributed by atoms with Crippen LogP contribution in [0.2, 0.25) is 0 Å². The Morgan fingerprint density at radius 1 is 0.169 bits per heavy atom. The van der Waals surface area contributed by atoms with Crippen LogP contribution in [0.15, 0.2) is 307 Å². The van der Waals surface area contributed by atoms with Crippen LogP contribution in [0.4, 0.5) is 0 Å². The van der Waals surface area contributed by atoms with Crippen LogP contribution in [-0.4, -0.2) is 99.7 Å². The lowest BCUT2D eigenvalue weighted by molar-refractivity contribution is 1.15. The largest absolute Gasteiger partial charge is 0.264 e. The maximum atomic E-state index is 4.24. The van der Waals surface area contributed by atoms with Gasteiger partial charge >= 0.3 is 0 Å². The molecule has 20 heteroatoms. The first kappa shape index (κ1) is 114. The van der Waals surface area contributed by atoms with Crippen molar-refractivity contribution in [1.82, 2.24) is 99.7 Å². The van der Waals surface area contributed by atoms with Gasteiger partial charge < -0.3 is 0 Å². The lowest BCUT2D eigenvalue weighted by Crippen LogP contribution is -1.85. The summed E-state index contributed by atoms with van der Waals surface area (Å²) in [5, 5.41) is 12.6. The Morgan fingerprint density at radius 3 is 1.18 bits per heavy atom. The molecule has 0 spiro atoms. The smallest absolute Gasteiger partial charge is 0.159 e. The summed E-state index contributed by atoms with van der Waals surface area (Å²) in [6.45, 7) is 60.1. The van der Waals surface area contributed by atoms with E-state index >= 15 is 0 Å². The van der Waals surface area contributed by atoms with E-state index in [0.717, 1.165) is 127 Å². The minimum Gasteiger partial charge on any atom is -0.264 e. The van der Waals surface area contributed by atoms with Crippen LogP contribution < -0.4 is 0 Å². The van der Waals surface area contributed by atoms with E-state index < -0.39 is 0 Å². The number of hydrogen-bond acceptors (Lipinski definition) is 20. The van der Waals surface area contributed by atoms with E-state index in [-0.39, 0.29) is 0 Å². The Kier molecular flexibility index (Phi) is 61.0. The van der Waals surface area contributed by atoms with Gasteiger partial charge in [0.1, 0.15) is 6.33 Å². The highest BCUT2D eigenvalue weighted by Crippen LogP contribution is 2.19. The molecular formula is C110H140N20. The molecule has 680 valence electrons. The van der Waals surface area contributed by atoms with Crippen LogP contribution in [0.3, 0.4) is 0 Å². The van der Waals surface area contributed by atoms with Gasteiger partial charge in [-0.15, -0.1) is 0 Å². The lowest BCUT2D eigenvalue weighted by atomic mass is 10.2. The molecule has 0 N–H and O–H groups in total. The highest BCUT2D eigenvalue weighted by molar-refractivity contribution is 5.86. The molecule has 20 aromatic rings. The third-order valence-electron chi connectivity index (χ3n) is 16.9. The van der Waals surface area contributed by atoms with E-state index in [9.17, 15) is 0 Å². The second-order valence-corrected chi connectivity index (χ2v) is 25.2. The predicted molar refractivity (Wildman–Crippen MR) is 556 cm³/mol. The monoisotopic (exact) mass is 1740 g/mol. The van der Waals surface area contributed by atoms with Crippen LogP contribution in [0.5, 0.6) is 0 Å². The summed E-state index contributed by atoms with van der Waals surface area (Å²) in [4.78, 5) is 82.7. The summed E-state index contributed by atoms with van der Waals surface area (Å²) in [5.74, 6) is 0. The first-order chi connectivity index (χ1) is 63.7. The number of aryl methyl sites for hydroxylation is 10. The minimum atomic E-state index is 0.818. The summed E-state index contributed by atoms with van der Waals surface area (Å²) in [6.07, 6.45) is 43.1. The number of hydrogen-bond donors (Lipinski definition) is 0. The lowest BCUT2D eigenvalue weighted by Gasteiger charge is -1.97. The highest BCUT2D eigenvalue weighted by atomic mass is 14.8. The molecule has 20 rings (SSSR count). The number of fused-ring (bicyclic) bond motifs is 10. The number of pyridine rings is 18. The Hall–Kier alpha value is -14.4. The zero-order valence-electron chi connectivity index (χ0n) is 82.8. The van der Waals surface area contributed by atoms with E-state index in [1.165, 1.54) is 38.4 Å². The van der Waals surface area contributed by atoms with Crippen molar-refractivity contribution in [3.05, 3.63) is 363 Å². The molecule has 0 unspecified atom stereocenters. The number of para-hydroxylation sites is 1. The second-order valence-electron chi connectivity index (χ2n) is 25.2. The summed E-state index contributed by atoms with van der Waals surface area (Å²) in [6, 6.07) is 51.7. The predicted octanol–water partition coefficient (Wildman–Crippen LogP) is 29.6. The van der Waals surface area contributed by atoms with Gasteiger partial charge in [-0.05, 0) is 230 Å². The molecule has 20 nitrogen and oxygen atoms in total. The normalized spacial score (nSPS) is 9.15. The average molecular weight is 1740 g/mol. The van der Waals surface area contributed by atoms with Crippen LogP contribution in [-0.2, 0) is 0 Å². The van der Waals surface area contributed by atoms with Gasteiger partial charge in [-0.3, -0.25) is 79.7 Å². The van der Waals surface area contributed by atoms with Crippen molar-refractivity contribution in [1.29, 1.82) is 0 Å². The molecular weight excluding hydrogens is 1600 g/mol. The molecule has 0 saturated carbocycles. The summed E-state index contributed by atoms with van der Waals surface area (Å²) >= 11 is 0. The third kappa shape index (κ3) is 39.2. The van der Waals surface area contributed by atoms with Gasteiger partial charge in [0, 0.05) is 207 Å². The van der Waals surface area contributed by atoms with Crippen LogP contribution in [0, 0.1) is 69.2 Å². The van der Waals surface area contributed by atoms with Gasteiger partial charge in [0.25, 0.3) is 0 Å². The number of rotatable bonds is 0. The van der Waals surface area contributed by atoms with Crippen LogP contribution in [0.1, 0.15) is 195 Å². The zero-order valence-corrected chi connectivity index (χ0v) is 82.8. The first-order valence-corrected chi connectivity index (χ1v) is 45.3. The Bertz CT molecular complexity index is 5420. The fraction of sp³-hybridized carbons (Fsp3) is 0.273. The Labute approximate surface area is 774 Å². The van der Waals surface area contributed by atoms with Crippen LogP contribution >= 0.6 is 0 Å². The topological polar surface area (TPSA) is 258 Å². The van der Waals surface area contributed by atoms with Crippen molar-refractivity contribution < 1.29 is 0 Å². The van der Waals surface area contributed by atoms with E-state index in [0.29, 0.717) is 0 Å². The number of nitrogens with zero attached hydrogens (tertiary/aromatic N) is 20. The SMILES string of the molecule is CC.CC.CC.CC.CC.CC.CC.CC.CC.CC.Cc1cnc2cccnc2c1.Cc1cnc2ccncc2c1.Cc1cnc2cnccc2c1.Cc1cnc2ncccc2c1.Cc1cncc2ncccc12.Cc1nccc2cccnc12.Cc1nccc2ccncc12.Cc1nccc2cnccc12.Cc1nccc2ncccc12.Cc1ncnc2ccccc12. The molecule has 0 amide bonds. The van der Waals surface area contributed by atoms with Gasteiger partial charge in [0.15, 0.2) is 5.65 Å². The quantitative estimate of drug-likeness (QED) is 0.137. The van der Waals surface area contributed by atoms with E-state index in [2.05, 4.69) is 124 Å². The van der Waals surface area contributed by atoms with Crippen molar-refractivity contribution in [2.24, 2.45) is 0 Å². The average Bonchev–Trinajstić information content (AvgIpc) is 0.839. The van der Waals surface area contributed by atoms with Crippen LogP contribution in [0.25, 0.3) is 109 Å². The van der Waals surface area contributed by atoms with E-state index in [1.54, 1.807) is 93.1 Å². The van der Waals surface area contributed by atoms with Gasteiger partial charge in [-0.2, -0.15) is 0 Å². The number of aromatic nitrogens is 20. The fourth-order valence-corrected chi connectivity index (χ4v) is 11.2. The van der Waals surface area contributed by atoms with Crippen molar-refractivity contribution >= 4 is 109 Å². The van der Waals surface area contributed by atoms with Crippen molar-refractivity contribution in [3.63, 3.8) is 0 Å². The molecule has 0 fully saturated rings. The molecule has 0 aliphatic heterocycles. The molecule has 0 saturated heterocycles. The molecule has 130 heavy (non-hydrogen) atoms. The Balaban J connectivity index is 0.000000706. The van der Waals surface area contributed by atoms with Gasteiger partial charge in [-0.1, -0.05) is 169 Å². The zero-order chi connectivity index (χ0) is 96.8. The summed E-state index contributed by atoms with van der Waals surface area (Å²) in [5.41, 5.74) is 19.7. The molecule has 0 bridgehead atoms. The molecule has 19 aromatic heterocycles. The third-order valence-corrected chi connectivity index (χ3v) is 16.9. The van der Waals surface area contributed by atoms with Gasteiger partial charge in [0.2, 0.25) is 0 Å². The highest BCUT2D eigenvalue weighted by Gasteiger charge is 2.02. The molecule has 0 radical (unpaired) electrons. The van der Waals surface area contributed by atoms with Crippen molar-refractivity contribution in [2.75, 3.05) is 0 Å². The van der Waals surface area contributed by atoms with Gasteiger partial charge in [0.05, 0.1) is 62.2 Å². The van der Waals surface area contributed by atoms with Crippen molar-refractivity contribution in [2.45, 2.75) is 208 Å². The van der Waals surface area contributed by atoms with E-state index in [1.807, 2.05) is 397 Å². The van der Waals surface area contributed by atoms with Crippen molar-refractivity contribution in [3.8, 4) is 0 Å². The van der Waals surface area contributed by atoms with E-state index in [4.69, 9.17) is 0 Å². The molecule has 19 heterocycles. The fourth-order valence-electron chi connectivity index (χ4n) is 11.2. The number of benzene rings is 1. The molecule has 0 aliphatic rings. The molecule has 0 atom stereocenters. The Morgan fingerprint density at radius 2 is 0.562 bits per heavy atom.